The highest BCUT2D eigenvalue weighted by atomic mass is 32.1. The van der Waals surface area contributed by atoms with Gasteiger partial charge < -0.3 is 4.90 Å². The van der Waals surface area contributed by atoms with E-state index < -0.39 is 0 Å². The molecule has 7 heteroatoms. The van der Waals surface area contributed by atoms with Crippen LogP contribution in [0.1, 0.15) is 47.1 Å². The van der Waals surface area contributed by atoms with Crippen LogP contribution in [0.3, 0.4) is 0 Å². The van der Waals surface area contributed by atoms with Gasteiger partial charge >= 0.3 is 0 Å². The molecule has 6 nitrogen and oxygen atoms in total. The minimum atomic E-state index is 0.0136. The van der Waals surface area contributed by atoms with Crippen LogP contribution in [0.25, 0.3) is 0 Å². The molecule has 1 saturated carbocycles. The highest BCUT2D eigenvalue weighted by Crippen LogP contribution is 2.31. The van der Waals surface area contributed by atoms with Crippen molar-refractivity contribution in [3.05, 3.63) is 28.5 Å². The molecule has 0 spiro atoms. The van der Waals surface area contributed by atoms with Crippen molar-refractivity contribution in [2.24, 2.45) is 5.92 Å². The molecule has 2 aromatic heterocycles. The first-order valence-electron chi connectivity index (χ1n) is 7.88. The molecule has 2 aromatic rings. The molecular formula is C15H19N5OS. The molecule has 22 heavy (non-hydrogen) atoms. The van der Waals surface area contributed by atoms with E-state index in [-0.39, 0.29) is 5.91 Å². The van der Waals surface area contributed by atoms with Gasteiger partial charge in [-0.25, -0.2) is 4.98 Å². The van der Waals surface area contributed by atoms with E-state index in [0.717, 1.165) is 38.4 Å². The van der Waals surface area contributed by atoms with Gasteiger partial charge in [0.05, 0.1) is 11.2 Å². The molecule has 1 amide bonds. The van der Waals surface area contributed by atoms with Gasteiger partial charge in [0.25, 0.3) is 5.91 Å². The van der Waals surface area contributed by atoms with Crippen LogP contribution in [-0.4, -0.2) is 43.9 Å². The first-order chi connectivity index (χ1) is 10.8. The summed E-state index contributed by atoms with van der Waals surface area (Å²) in [6, 6.07) is 0. The van der Waals surface area contributed by atoms with Crippen LogP contribution in [0, 0.1) is 5.92 Å². The van der Waals surface area contributed by atoms with Gasteiger partial charge in [-0.15, -0.1) is 16.4 Å². The van der Waals surface area contributed by atoms with Gasteiger partial charge in [-0.05, 0) is 31.6 Å². The maximum absolute atomic E-state index is 12.5. The zero-order valence-electron chi connectivity index (χ0n) is 12.4. The second-order valence-corrected chi connectivity index (χ2v) is 7.13. The van der Waals surface area contributed by atoms with Crippen LogP contribution in [-0.2, 0) is 6.54 Å². The number of rotatable bonds is 4. The van der Waals surface area contributed by atoms with Crippen molar-refractivity contribution in [3.8, 4) is 0 Å². The minimum absolute atomic E-state index is 0.0136. The Hall–Kier alpha value is -1.76. The maximum atomic E-state index is 12.5. The quantitative estimate of drug-likeness (QED) is 0.867. The molecule has 0 radical (unpaired) electrons. The summed E-state index contributed by atoms with van der Waals surface area (Å²) in [5, 5.41) is 11.3. The summed E-state index contributed by atoms with van der Waals surface area (Å²) in [5.41, 5.74) is 0.480. The molecule has 0 aromatic carbocycles. The first-order valence-corrected chi connectivity index (χ1v) is 8.76. The van der Waals surface area contributed by atoms with Gasteiger partial charge in [-0.1, -0.05) is 5.21 Å². The summed E-state index contributed by atoms with van der Waals surface area (Å²) < 4.78 is 1.81. The Balaban J connectivity index is 1.36. The Morgan fingerprint density at radius 3 is 2.77 bits per heavy atom. The van der Waals surface area contributed by atoms with Crippen molar-refractivity contribution in [2.45, 2.75) is 38.1 Å². The lowest BCUT2D eigenvalue weighted by molar-refractivity contribution is 0.0707. The fourth-order valence-corrected chi connectivity index (χ4v) is 3.79. The van der Waals surface area contributed by atoms with Crippen molar-refractivity contribution in [2.75, 3.05) is 13.1 Å². The first kappa shape index (κ1) is 13.9. The van der Waals surface area contributed by atoms with E-state index in [9.17, 15) is 4.79 Å². The van der Waals surface area contributed by atoms with E-state index in [1.165, 1.54) is 17.8 Å². The molecular weight excluding hydrogens is 298 g/mol. The Morgan fingerprint density at radius 1 is 1.27 bits per heavy atom. The van der Waals surface area contributed by atoms with Gasteiger partial charge in [-0.2, -0.15) is 0 Å². The third-order valence-corrected chi connectivity index (χ3v) is 5.42. The lowest BCUT2D eigenvalue weighted by atomic mass is 9.97. The number of carbonyl (C=O) groups excluding carboxylic acids is 1. The van der Waals surface area contributed by atoms with E-state index >= 15 is 0 Å². The highest BCUT2D eigenvalue weighted by molar-refractivity contribution is 7.09. The number of aromatic nitrogens is 4. The standard InChI is InChI=1S/C15H19N5OS/c21-15(13-10-20(18-17-13)9-11-1-2-11)19-6-3-12(4-7-19)14-16-5-8-22-14/h5,8,10-12H,1-4,6-7,9H2. The molecule has 0 atom stereocenters. The third kappa shape index (κ3) is 2.90. The maximum Gasteiger partial charge on any atom is 0.276 e. The molecule has 1 aliphatic carbocycles. The van der Waals surface area contributed by atoms with Crippen LogP contribution in [0.15, 0.2) is 17.8 Å². The number of piperidine rings is 1. The van der Waals surface area contributed by atoms with Crippen molar-refractivity contribution in [3.63, 3.8) is 0 Å². The smallest absolute Gasteiger partial charge is 0.276 e. The molecule has 3 heterocycles. The van der Waals surface area contributed by atoms with Crippen LogP contribution < -0.4 is 0 Å². The monoisotopic (exact) mass is 317 g/mol. The molecule has 2 fully saturated rings. The molecule has 2 aliphatic rings. The second-order valence-electron chi connectivity index (χ2n) is 6.21. The Kier molecular flexibility index (Phi) is 3.65. The molecule has 0 unspecified atom stereocenters. The van der Waals surface area contributed by atoms with Crippen LogP contribution in [0.5, 0.6) is 0 Å². The highest BCUT2D eigenvalue weighted by Gasteiger charge is 2.28. The number of hydrogen-bond acceptors (Lipinski definition) is 5. The average Bonchev–Trinajstić information content (AvgIpc) is 3.04. The van der Waals surface area contributed by atoms with Gasteiger partial charge in [0.2, 0.25) is 0 Å². The molecule has 1 saturated heterocycles. The Bertz CT molecular complexity index is 641. The van der Waals surface area contributed by atoms with E-state index in [0.29, 0.717) is 11.6 Å². The summed E-state index contributed by atoms with van der Waals surface area (Å²) in [6.07, 6.45) is 8.16. The van der Waals surface area contributed by atoms with Gasteiger partial charge in [0.15, 0.2) is 5.69 Å². The number of likely N-dealkylation sites (tertiary alicyclic amines) is 1. The molecule has 0 N–H and O–H groups in total. The molecule has 116 valence electrons. The van der Waals surface area contributed by atoms with E-state index in [4.69, 9.17) is 0 Å². The van der Waals surface area contributed by atoms with E-state index in [1.54, 1.807) is 17.5 Å². The largest absolute Gasteiger partial charge is 0.337 e. The summed E-state index contributed by atoms with van der Waals surface area (Å²) in [4.78, 5) is 18.8. The fourth-order valence-electron chi connectivity index (χ4n) is 2.98. The Labute approximate surface area is 133 Å². The van der Waals surface area contributed by atoms with Crippen molar-refractivity contribution in [1.29, 1.82) is 0 Å². The Morgan fingerprint density at radius 2 is 2.09 bits per heavy atom. The number of nitrogens with zero attached hydrogens (tertiary/aromatic N) is 5. The SMILES string of the molecule is O=C(c1cn(CC2CC2)nn1)N1CCC(c2nccs2)CC1. The lowest BCUT2D eigenvalue weighted by Crippen LogP contribution is -2.38. The summed E-state index contributed by atoms with van der Waals surface area (Å²) in [6.45, 7) is 2.45. The normalized spacial score (nSPS) is 19.5. The minimum Gasteiger partial charge on any atom is -0.337 e. The van der Waals surface area contributed by atoms with Crippen LogP contribution in [0.2, 0.25) is 0 Å². The van der Waals surface area contributed by atoms with Crippen molar-refractivity contribution >= 4 is 17.2 Å². The summed E-state index contributed by atoms with van der Waals surface area (Å²) in [5.74, 6) is 1.24. The molecule has 0 bridgehead atoms. The van der Waals surface area contributed by atoms with E-state index in [1.807, 2.05) is 21.2 Å². The summed E-state index contributed by atoms with van der Waals surface area (Å²) >= 11 is 1.71. The van der Waals surface area contributed by atoms with Crippen LogP contribution >= 0.6 is 11.3 Å². The summed E-state index contributed by atoms with van der Waals surface area (Å²) in [7, 11) is 0. The third-order valence-electron chi connectivity index (χ3n) is 4.48. The zero-order valence-corrected chi connectivity index (χ0v) is 13.2. The number of carbonyl (C=O) groups is 1. The zero-order chi connectivity index (χ0) is 14.9. The predicted octanol–water partition coefficient (Wildman–Crippen LogP) is 2.16. The van der Waals surface area contributed by atoms with Gasteiger partial charge in [-0.3, -0.25) is 9.48 Å². The van der Waals surface area contributed by atoms with Gasteiger partial charge in [0.1, 0.15) is 0 Å². The fraction of sp³-hybridized carbons (Fsp3) is 0.600. The van der Waals surface area contributed by atoms with E-state index in [2.05, 4.69) is 15.3 Å². The molecule has 1 aliphatic heterocycles. The van der Waals surface area contributed by atoms with Gasteiger partial charge in [0, 0.05) is 37.1 Å². The predicted molar refractivity (Wildman–Crippen MR) is 82.7 cm³/mol. The topological polar surface area (TPSA) is 63.9 Å². The molecule has 4 rings (SSSR count). The lowest BCUT2D eigenvalue weighted by Gasteiger charge is -2.30. The van der Waals surface area contributed by atoms with Crippen molar-refractivity contribution in [1.82, 2.24) is 24.9 Å². The average molecular weight is 317 g/mol. The number of amides is 1. The van der Waals surface area contributed by atoms with Crippen molar-refractivity contribution < 1.29 is 4.79 Å². The van der Waals surface area contributed by atoms with Crippen LogP contribution in [0.4, 0.5) is 0 Å². The number of thiazole rings is 1. The number of hydrogen-bond donors (Lipinski definition) is 0. The second kappa shape index (κ2) is 5.79.